The Morgan fingerprint density at radius 1 is 1.06 bits per heavy atom. The summed E-state index contributed by atoms with van der Waals surface area (Å²) in [6.07, 6.45) is 2.07. The summed E-state index contributed by atoms with van der Waals surface area (Å²) in [6, 6.07) is 0. The monoisotopic (exact) mass is 248 g/mol. The molecular formula is C12H24O5. The molecule has 102 valence electrons. The van der Waals surface area contributed by atoms with Crippen molar-refractivity contribution in [1.29, 1.82) is 0 Å². The van der Waals surface area contributed by atoms with Crippen molar-refractivity contribution in [1.82, 2.24) is 0 Å². The SMILES string of the molecule is CCOC(OCC)OCC.COC(=O)C1CC1. The van der Waals surface area contributed by atoms with Gasteiger partial charge in [0.25, 0.3) is 6.48 Å². The van der Waals surface area contributed by atoms with Crippen LogP contribution in [0.25, 0.3) is 0 Å². The van der Waals surface area contributed by atoms with Crippen molar-refractivity contribution in [2.24, 2.45) is 5.92 Å². The molecule has 5 nitrogen and oxygen atoms in total. The molecule has 5 heteroatoms. The maximum atomic E-state index is 10.4. The zero-order valence-electron chi connectivity index (χ0n) is 11.2. The molecule has 0 aromatic carbocycles. The fraction of sp³-hybridized carbons (Fsp3) is 0.917. The molecule has 0 heterocycles. The van der Waals surface area contributed by atoms with Gasteiger partial charge in [-0.2, -0.15) is 0 Å². The van der Waals surface area contributed by atoms with Gasteiger partial charge in [0.05, 0.1) is 13.0 Å². The molecular weight excluding hydrogens is 224 g/mol. The summed E-state index contributed by atoms with van der Waals surface area (Å²) < 4.78 is 19.7. The maximum Gasteiger partial charge on any atom is 0.308 e. The molecule has 0 N–H and O–H groups in total. The standard InChI is InChI=1S/C7H16O3.C5H8O2/c1-4-8-7(9-5-2)10-6-3;1-7-5(6)4-2-3-4/h7H,4-6H2,1-3H3;4H,2-3H2,1H3. The third-order valence-corrected chi connectivity index (χ3v) is 2.02. The molecule has 0 saturated heterocycles. The van der Waals surface area contributed by atoms with Gasteiger partial charge < -0.3 is 18.9 Å². The van der Waals surface area contributed by atoms with Crippen molar-refractivity contribution in [2.45, 2.75) is 40.1 Å². The molecule has 0 aliphatic heterocycles. The average Bonchev–Trinajstić information content (AvgIpc) is 3.14. The van der Waals surface area contributed by atoms with E-state index < -0.39 is 6.48 Å². The van der Waals surface area contributed by atoms with Crippen LogP contribution in [0.2, 0.25) is 0 Å². The first-order chi connectivity index (χ1) is 8.19. The van der Waals surface area contributed by atoms with Crippen LogP contribution in [-0.2, 0) is 23.7 Å². The zero-order valence-corrected chi connectivity index (χ0v) is 11.2. The second-order valence-corrected chi connectivity index (χ2v) is 3.45. The van der Waals surface area contributed by atoms with Gasteiger partial charge in [0.2, 0.25) is 0 Å². The van der Waals surface area contributed by atoms with Crippen molar-refractivity contribution in [3.63, 3.8) is 0 Å². The molecule has 0 unspecified atom stereocenters. The van der Waals surface area contributed by atoms with Crippen molar-refractivity contribution < 1.29 is 23.7 Å². The molecule has 1 aliphatic carbocycles. The largest absolute Gasteiger partial charge is 0.469 e. The summed E-state index contributed by atoms with van der Waals surface area (Å²) in [6.45, 7) is 7.10. The number of ether oxygens (including phenoxy) is 4. The van der Waals surface area contributed by atoms with E-state index in [1.165, 1.54) is 7.11 Å². The van der Waals surface area contributed by atoms with E-state index in [1.807, 2.05) is 20.8 Å². The summed E-state index contributed by atoms with van der Waals surface area (Å²) in [5, 5.41) is 0. The molecule has 0 spiro atoms. The predicted octanol–water partition coefficient (Wildman–Crippen LogP) is 1.95. The van der Waals surface area contributed by atoms with Crippen LogP contribution in [0.3, 0.4) is 0 Å². The lowest BCUT2D eigenvalue weighted by molar-refractivity contribution is -0.282. The Balaban J connectivity index is 0.000000318. The normalized spacial score (nSPS) is 14.2. The molecule has 0 bridgehead atoms. The molecule has 1 saturated carbocycles. The lowest BCUT2D eigenvalue weighted by atomic mass is 10.4. The van der Waals surface area contributed by atoms with E-state index >= 15 is 0 Å². The number of carbonyl (C=O) groups excluding carboxylic acids is 1. The van der Waals surface area contributed by atoms with E-state index in [4.69, 9.17) is 14.2 Å². The van der Waals surface area contributed by atoms with Crippen LogP contribution in [0.5, 0.6) is 0 Å². The summed E-state index contributed by atoms with van der Waals surface area (Å²) in [5.41, 5.74) is 0. The minimum absolute atomic E-state index is 0.0417. The third-order valence-electron chi connectivity index (χ3n) is 2.02. The van der Waals surface area contributed by atoms with Crippen molar-refractivity contribution in [2.75, 3.05) is 26.9 Å². The molecule has 1 rings (SSSR count). The molecule has 17 heavy (non-hydrogen) atoms. The molecule has 1 fully saturated rings. The zero-order chi connectivity index (χ0) is 13.1. The van der Waals surface area contributed by atoms with E-state index in [2.05, 4.69) is 4.74 Å². The van der Waals surface area contributed by atoms with Crippen molar-refractivity contribution >= 4 is 5.97 Å². The summed E-state index contributed by atoms with van der Waals surface area (Å²) in [5.74, 6) is 0.213. The lowest BCUT2D eigenvalue weighted by Crippen LogP contribution is -2.20. The van der Waals surface area contributed by atoms with Gasteiger partial charge in [0.1, 0.15) is 0 Å². The minimum atomic E-state index is -0.472. The minimum Gasteiger partial charge on any atom is -0.469 e. The molecule has 0 radical (unpaired) electrons. The lowest BCUT2D eigenvalue weighted by Gasteiger charge is -2.15. The van der Waals surface area contributed by atoms with Gasteiger partial charge in [0, 0.05) is 19.8 Å². The van der Waals surface area contributed by atoms with Crippen LogP contribution in [0, 0.1) is 5.92 Å². The van der Waals surface area contributed by atoms with Gasteiger partial charge >= 0.3 is 5.97 Å². The quantitative estimate of drug-likeness (QED) is 0.509. The summed E-state index contributed by atoms with van der Waals surface area (Å²) >= 11 is 0. The molecule has 0 aromatic rings. The highest BCUT2D eigenvalue weighted by Gasteiger charge is 2.30. The number of hydrogen-bond donors (Lipinski definition) is 0. The van der Waals surface area contributed by atoms with E-state index in [-0.39, 0.29) is 11.9 Å². The van der Waals surface area contributed by atoms with Crippen LogP contribution in [0.15, 0.2) is 0 Å². The summed E-state index contributed by atoms with van der Waals surface area (Å²) in [7, 11) is 1.43. The van der Waals surface area contributed by atoms with Crippen LogP contribution in [0.4, 0.5) is 0 Å². The number of esters is 1. The Kier molecular flexibility index (Phi) is 10.1. The Bertz CT molecular complexity index is 177. The first-order valence-corrected chi connectivity index (χ1v) is 6.12. The highest BCUT2D eigenvalue weighted by molar-refractivity contribution is 5.74. The first kappa shape index (κ1) is 16.4. The smallest absolute Gasteiger partial charge is 0.308 e. The third kappa shape index (κ3) is 9.09. The van der Waals surface area contributed by atoms with Gasteiger partial charge in [-0.1, -0.05) is 0 Å². The highest BCUT2D eigenvalue weighted by atomic mass is 16.8. The molecule has 0 amide bonds. The maximum absolute atomic E-state index is 10.4. The van der Waals surface area contributed by atoms with E-state index in [9.17, 15) is 4.79 Å². The van der Waals surface area contributed by atoms with Gasteiger partial charge in [0.15, 0.2) is 0 Å². The number of methoxy groups -OCH3 is 1. The van der Waals surface area contributed by atoms with Crippen LogP contribution in [0.1, 0.15) is 33.6 Å². The Labute approximate surface area is 103 Å². The average molecular weight is 248 g/mol. The van der Waals surface area contributed by atoms with Gasteiger partial charge in [-0.15, -0.1) is 0 Å². The van der Waals surface area contributed by atoms with E-state index in [0.29, 0.717) is 19.8 Å². The van der Waals surface area contributed by atoms with Crippen molar-refractivity contribution in [3.05, 3.63) is 0 Å². The molecule has 0 aromatic heterocycles. The second kappa shape index (κ2) is 10.5. The number of rotatable bonds is 7. The Morgan fingerprint density at radius 2 is 1.47 bits per heavy atom. The van der Waals surface area contributed by atoms with Crippen LogP contribution >= 0.6 is 0 Å². The molecule has 0 atom stereocenters. The van der Waals surface area contributed by atoms with Gasteiger partial charge in [-0.3, -0.25) is 4.79 Å². The number of carbonyl (C=O) groups is 1. The fourth-order valence-corrected chi connectivity index (χ4v) is 1.04. The van der Waals surface area contributed by atoms with Gasteiger partial charge in [-0.05, 0) is 33.6 Å². The van der Waals surface area contributed by atoms with Crippen LogP contribution in [-0.4, -0.2) is 39.4 Å². The van der Waals surface area contributed by atoms with Crippen LogP contribution < -0.4 is 0 Å². The van der Waals surface area contributed by atoms with Crippen molar-refractivity contribution in [3.8, 4) is 0 Å². The highest BCUT2D eigenvalue weighted by Crippen LogP contribution is 2.29. The first-order valence-electron chi connectivity index (χ1n) is 6.12. The van der Waals surface area contributed by atoms with E-state index in [1.54, 1.807) is 0 Å². The topological polar surface area (TPSA) is 54.0 Å². The summed E-state index contributed by atoms with van der Waals surface area (Å²) in [4.78, 5) is 10.4. The molecule has 1 aliphatic rings. The van der Waals surface area contributed by atoms with Gasteiger partial charge in [-0.25, -0.2) is 0 Å². The van der Waals surface area contributed by atoms with E-state index in [0.717, 1.165) is 12.8 Å². The fourth-order valence-electron chi connectivity index (χ4n) is 1.04. The Morgan fingerprint density at radius 3 is 1.65 bits per heavy atom. The number of hydrogen-bond acceptors (Lipinski definition) is 5. The second-order valence-electron chi connectivity index (χ2n) is 3.45. The Hall–Kier alpha value is -0.650. The predicted molar refractivity (Wildman–Crippen MR) is 63.4 cm³/mol.